The summed E-state index contributed by atoms with van der Waals surface area (Å²) in [6.07, 6.45) is 0. The molecule has 4 rings (SSSR count). The predicted molar refractivity (Wildman–Crippen MR) is 123 cm³/mol. The molecule has 1 aliphatic rings. The minimum absolute atomic E-state index is 0.178. The van der Waals surface area contributed by atoms with E-state index in [9.17, 15) is 9.59 Å². The van der Waals surface area contributed by atoms with Crippen LogP contribution in [0.3, 0.4) is 0 Å². The lowest BCUT2D eigenvalue weighted by molar-refractivity contribution is -0.115. The monoisotopic (exact) mass is 412 g/mol. The zero-order valence-corrected chi connectivity index (χ0v) is 17.3. The van der Waals surface area contributed by atoms with Gasteiger partial charge in [0.05, 0.1) is 11.4 Å². The number of nitrogens with two attached hydrogens (primary N) is 1. The number of hydrogen-bond donors (Lipinski definition) is 3. The fourth-order valence-corrected chi connectivity index (χ4v) is 3.69. The Bertz CT molecular complexity index is 1140. The van der Waals surface area contributed by atoms with Crippen molar-refractivity contribution in [3.63, 3.8) is 0 Å². The van der Waals surface area contributed by atoms with E-state index in [4.69, 9.17) is 10.7 Å². The van der Waals surface area contributed by atoms with Gasteiger partial charge in [0.1, 0.15) is 5.92 Å². The second-order valence-corrected chi connectivity index (χ2v) is 7.40. The van der Waals surface area contributed by atoms with Crippen molar-refractivity contribution < 1.29 is 9.59 Å². The standard InChI is InChI=1S/C25H24N4O2/c1-2-27-15-16-8-11-19(12-9-16)28-23(17-6-4-3-5-7-17)22-20-13-10-18(24(26)30)14-21(20)29-25(22)31/h3-14,22,27H,2,15H2,1H3,(H2,26,30)(H,29,31). The van der Waals surface area contributed by atoms with Crippen molar-refractivity contribution in [3.05, 3.63) is 95.1 Å². The minimum atomic E-state index is -0.583. The van der Waals surface area contributed by atoms with Gasteiger partial charge in [0.2, 0.25) is 11.8 Å². The summed E-state index contributed by atoms with van der Waals surface area (Å²) in [5.74, 6) is -1.29. The third kappa shape index (κ3) is 4.39. The molecular formula is C25H24N4O2. The molecule has 0 saturated carbocycles. The largest absolute Gasteiger partial charge is 0.366 e. The van der Waals surface area contributed by atoms with Crippen LogP contribution in [0.5, 0.6) is 0 Å². The van der Waals surface area contributed by atoms with Gasteiger partial charge in [-0.15, -0.1) is 0 Å². The van der Waals surface area contributed by atoms with Gasteiger partial charge in [-0.25, -0.2) is 0 Å². The van der Waals surface area contributed by atoms with Crippen LogP contribution < -0.4 is 16.4 Å². The molecule has 0 fully saturated rings. The average Bonchev–Trinajstić information content (AvgIpc) is 3.12. The van der Waals surface area contributed by atoms with Gasteiger partial charge in [-0.2, -0.15) is 0 Å². The van der Waals surface area contributed by atoms with Gasteiger partial charge in [0.25, 0.3) is 0 Å². The summed E-state index contributed by atoms with van der Waals surface area (Å²) in [5.41, 5.74) is 10.6. The first-order chi connectivity index (χ1) is 15.1. The van der Waals surface area contributed by atoms with Crippen molar-refractivity contribution >= 4 is 28.9 Å². The third-order valence-electron chi connectivity index (χ3n) is 5.28. The van der Waals surface area contributed by atoms with Crippen LogP contribution in [-0.4, -0.2) is 24.1 Å². The molecule has 2 amide bonds. The van der Waals surface area contributed by atoms with Gasteiger partial charge >= 0.3 is 0 Å². The Hall–Kier alpha value is -3.77. The molecule has 0 bridgehead atoms. The molecule has 0 radical (unpaired) electrons. The number of nitrogens with zero attached hydrogens (tertiary/aromatic N) is 1. The molecule has 1 aliphatic heterocycles. The summed E-state index contributed by atoms with van der Waals surface area (Å²) in [7, 11) is 0. The lowest BCUT2D eigenvalue weighted by atomic mass is 9.90. The van der Waals surface area contributed by atoms with Crippen molar-refractivity contribution in [3.8, 4) is 0 Å². The van der Waals surface area contributed by atoms with E-state index in [1.54, 1.807) is 18.2 Å². The number of amides is 2. The molecule has 0 spiro atoms. The summed E-state index contributed by atoms with van der Waals surface area (Å²) >= 11 is 0. The fourth-order valence-electron chi connectivity index (χ4n) is 3.69. The van der Waals surface area contributed by atoms with Crippen LogP contribution in [-0.2, 0) is 11.3 Å². The summed E-state index contributed by atoms with van der Waals surface area (Å²) in [6.45, 7) is 3.78. The molecule has 0 aliphatic carbocycles. The molecule has 3 aromatic carbocycles. The van der Waals surface area contributed by atoms with Crippen molar-refractivity contribution in [2.45, 2.75) is 19.4 Å². The zero-order chi connectivity index (χ0) is 21.8. The van der Waals surface area contributed by atoms with Crippen LogP contribution >= 0.6 is 0 Å². The Morgan fingerprint density at radius 3 is 2.45 bits per heavy atom. The summed E-state index contributed by atoms with van der Waals surface area (Å²) in [5, 5.41) is 6.18. The van der Waals surface area contributed by atoms with E-state index in [0.29, 0.717) is 17.0 Å². The smallest absolute Gasteiger partial charge is 0.248 e. The van der Waals surface area contributed by atoms with E-state index in [1.807, 2.05) is 54.6 Å². The van der Waals surface area contributed by atoms with Crippen LogP contribution in [0.15, 0.2) is 77.8 Å². The van der Waals surface area contributed by atoms with Crippen LogP contribution in [0.2, 0.25) is 0 Å². The van der Waals surface area contributed by atoms with Gasteiger partial charge in [0.15, 0.2) is 0 Å². The Balaban J connectivity index is 1.76. The highest BCUT2D eigenvalue weighted by Crippen LogP contribution is 2.36. The highest BCUT2D eigenvalue weighted by molar-refractivity contribution is 6.24. The van der Waals surface area contributed by atoms with Crippen LogP contribution in [0.4, 0.5) is 11.4 Å². The maximum Gasteiger partial charge on any atom is 0.248 e. The Morgan fingerprint density at radius 1 is 1.03 bits per heavy atom. The number of aliphatic imine (C=N–C) groups is 1. The van der Waals surface area contributed by atoms with Crippen molar-refractivity contribution in [2.75, 3.05) is 11.9 Å². The van der Waals surface area contributed by atoms with E-state index >= 15 is 0 Å². The van der Waals surface area contributed by atoms with E-state index in [-0.39, 0.29) is 5.91 Å². The van der Waals surface area contributed by atoms with E-state index in [1.165, 1.54) is 5.56 Å². The second kappa shape index (κ2) is 8.93. The maximum absolute atomic E-state index is 13.0. The number of carbonyl (C=O) groups excluding carboxylic acids is 2. The molecule has 1 heterocycles. The SMILES string of the molecule is CCNCc1ccc(N=C(c2ccccc2)C2C(=O)Nc3cc(C(N)=O)ccc32)cc1. The fraction of sp³-hybridized carbons (Fsp3) is 0.160. The van der Waals surface area contributed by atoms with Gasteiger partial charge in [-0.05, 0) is 47.5 Å². The number of rotatable bonds is 7. The van der Waals surface area contributed by atoms with Gasteiger partial charge < -0.3 is 16.4 Å². The highest BCUT2D eigenvalue weighted by atomic mass is 16.2. The minimum Gasteiger partial charge on any atom is -0.366 e. The van der Waals surface area contributed by atoms with E-state index in [0.717, 1.165) is 29.9 Å². The summed E-state index contributed by atoms with van der Waals surface area (Å²) < 4.78 is 0. The molecule has 0 aromatic heterocycles. The zero-order valence-electron chi connectivity index (χ0n) is 17.3. The number of fused-ring (bicyclic) bond motifs is 1. The average molecular weight is 412 g/mol. The molecule has 156 valence electrons. The number of nitrogens with one attached hydrogen (secondary N) is 2. The maximum atomic E-state index is 13.0. The Kier molecular flexibility index (Phi) is 5.91. The molecule has 3 aromatic rings. The highest BCUT2D eigenvalue weighted by Gasteiger charge is 2.35. The topological polar surface area (TPSA) is 96.6 Å². The third-order valence-corrected chi connectivity index (χ3v) is 5.28. The number of hydrogen-bond acceptors (Lipinski definition) is 4. The number of primary amides is 1. The quantitative estimate of drug-likeness (QED) is 0.516. The van der Waals surface area contributed by atoms with Crippen LogP contribution in [0, 0.1) is 0 Å². The lowest BCUT2D eigenvalue weighted by Gasteiger charge is -2.14. The predicted octanol–water partition coefficient (Wildman–Crippen LogP) is 3.75. The molecule has 1 atom stereocenters. The Labute approximate surface area is 181 Å². The molecule has 0 saturated heterocycles. The normalized spacial score (nSPS) is 15.5. The molecule has 31 heavy (non-hydrogen) atoms. The van der Waals surface area contributed by atoms with Crippen molar-refractivity contribution in [1.29, 1.82) is 0 Å². The molecular weight excluding hydrogens is 388 g/mol. The van der Waals surface area contributed by atoms with Crippen LogP contribution in [0.1, 0.15) is 39.9 Å². The first-order valence-electron chi connectivity index (χ1n) is 10.2. The first-order valence-corrected chi connectivity index (χ1v) is 10.2. The van der Waals surface area contributed by atoms with Crippen molar-refractivity contribution in [1.82, 2.24) is 5.32 Å². The molecule has 1 unspecified atom stereocenters. The van der Waals surface area contributed by atoms with Gasteiger partial charge in [-0.3, -0.25) is 14.6 Å². The first kappa shape index (κ1) is 20.5. The Morgan fingerprint density at radius 2 is 1.77 bits per heavy atom. The van der Waals surface area contributed by atoms with Gasteiger partial charge in [0, 0.05) is 17.8 Å². The van der Waals surface area contributed by atoms with E-state index < -0.39 is 11.8 Å². The molecule has 6 nitrogen and oxygen atoms in total. The summed E-state index contributed by atoms with van der Waals surface area (Å²) in [6, 6.07) is 22.7. The number of anilines is 1. The summed E-state index contributed by atoms with van der Waals surface area (Å²) in [4.78, 5) is 29.4. The van der Waals surface area contributed by atoms with E-state index in [2.05, 4.69) is 17.6 Å². The number of benzene rings is 3. The molecule has 6 heteroatoms. The number of carbonyl (C=O) groups is 2. The van der Waals surface area contributed by atoms with Crippen LogP contribution in [0.25, 0.3) is 0 Å². The van der Waals surface area contributed by atoms with Crippen molar-refractivity contribution in [2.24, 2.45) is 10.7 Å². The lowest BCUT2D eigenvalue weighted by Crippen LogP contribution is -2.21. The second-order valence-electron chi connectivity index (χ2n) is 7.40. The molecule has 4 N–H and O–H groups in total. The van der Waals surface area contributed by atoms with Gasteiger partial charge in [-0.1, -0.05) is 55.5 Å².